The van der Waals surface area contributed by atoms with Crippen molar-refractivity contribution in [1.82, 2.24) is 9.62 Å². The summed E-state index contributed by atoms with van der Waals surface area (Å²) in [6.45, 7) is 2.93. The van der Waals surface area contributed by atoms with Crippen molar-refractivity contribution in [3.05, 3.63) is 64.7 Å². The number of amides is 1. The Balaban J connectivity index is 1.69. The Morgan fingerprint density at radius 3 is 2.40 bits per heavy atom. The molecule has 1 amide bonds. The molecule has 1 atom stereocenters. The number of carbonyl (C=O) groups excluding carboxylic acids is 1. The highest BCUT2D eigenvalue weighted by Crippen LogP contribution is 2.27. The minimum Gasteiger partial charge on any atom is -0.350 e. The molecule has 1 heterocycles. The smallest absolute Gasteiger partial charge is 0.251 e. The summed E-state index contributed by atoms with van der Waals surface area (Å²) >= 11 is 6.23. The largest absolute Gasteiger partial charge is 0.350 e. The van der Waals surface area contributed by atoms with E-state index in [1.807, 2.05) is 25.1 Å². The molecule has 5 nitrogen and oxygen atoms in total. The van der Waals surface area contributed by atoms with Gasteiger partial charge in [0.2, 0.25) is 10.0 Å². The van der Waals surface area contributed by atoms with E-state index in [1.165, 1.54) is 22.0 Å². The molecule has 0 radical (unpaired) electrons. The molecular weight excluding hydrogens is 420 g/mol. The summed E-state index contributed by atoms with van der Waals surface area (Å²) in [5, 5.41) is 3.11. The summed E-state index contributed by atoms with van der Waals surface area (Å²) in [5.74, 6) is -0.292. The zero-order valence-electron chi connectivity index (χ0n) is 17.3. The summed E-state index contributed by atoms with van der Waals surface area (Å²) in [6, 6.07) is 14.5. The Kier molecular flexibility index (Phi) is 7.92. The van der Waals surface area contributed by atoms with Crippen molar-refractivity contribution in [3.8, 4) is 0 Å². The van der Waals surface area contributed by atoms with Gasteiger partial charge in [-0.3, -0.25) is 4.79 Å². The van der Waals surface area contributed by atoms with E-state index in [9.17, 15) is 13.2 Å². The number of hydrogen-bond donors (Lipinski definition) is 1. The Hall–Kier alpha value is -1.89. The molecule has 1 aliphatic rings. The monoisotopic (exact) mass is 448 g/mol. The van der Waals surface area contributed by atoms with Gasteiger partial charge in [0.15, 0.2) is 0 Å². The highest BCUT2D eigenvalue weighted by atomic mass is 35.5. The first-order valence-electron chi connectivity index (χ1n) is 10.5. The van der Waals surface area contributed by atoms with Crippen LogP contribution in [0.3, 0.4) is 0 Å². The lowest BCUT2D eigenvalue weighted by Gasteiger charge is -2.21. The molecule has 1 saturated heterocycles. The topological polar surface area (TPSA) is 66.5 Å². The van der Waals surface area contributed by atoms with Gasteiger partial charge in [0, 0.05) is 24.7 Å². The zero-order chi connectivity index (χ0) is 21.6. The van der Waals surface area contributed by atoms with Gasteiger partial charge in [-0.15, -0.1) is 0 Å². The predicted octanol–water partition coefficient (Wildman–Crippen LogP) is 4.66. The van der Waals surface area contributed by atoms with Gasteiger partial charge in [0.05, 0.1) is 5.02 Å². The Morgan fingerprint density at radius 2 is 1.73 bits per heavy atom. The molecule has 0 spiro atoms. The maximum Gasteiger partial charge on any atom is 0.251 e. The average Bonchev–Trinajstić information content (AvgIpc) is 3.03. The van der Waals surface area contributed by atoms with Gasteiger partial charge in [-0.05, 0) is 56.4 Å². The van der Waals surface area contributed by atoms with E-state index < -0.39 is 10.0 Å². The number of benzene rings is 2. The van der Waals surface area contributed by atoms with Gasteiger partial charge >= 0.3 is 0 Å². The van der Waals surface area contributed by atoms with Gasteiger partial charge in [-0.1, -0.05) is 54.8 Å². The lowest BCUT2D eigenvalue weighted by molar-refractivity contribution is 0.0938. The van der Waals surface area contributed by atoms with Crippen LogP contribution in [0.25, 0.3) is 0 Å². The van der Waals surface area contributed by atoms with Crippen molar-refractivity contribution in [2.75, 3.05) is 13.1 Å². The fraction of sp³-hybridized carbons (Fsp3) is 0.435. The van der Waals surface area contributed by atoms with Crippen LogP contribution in [-0.4, -0.2) is 37.8 Å². The maximum atomic E-state index is 13.1. The van der Waals surface area contributed by atoms with Crippen LogP contribution < -0.4 is 5.32 Å². The molecule has 3 rings (SSSR count). The lowest BCUT2D eigenvalue weighted by atomic mass is 10.1. The van der Waals surface area contributed by atoms with Crippen LogP contribution in [0.5, 0.6) is 0 Å². The van der Waals surface area contributed by atoms with E-state index in [0.717, 1.165) is 38.5 Å². The number of hydrogen-bond acceptors (Lipinski definition) is 3. The normalized spacial score (nSPS) is 16.6. The zero-order valence-corrected chi connectivity index (χ0v) is 18.9. The van der Waals surface area contributed by atoms with Crippen LogP contribution in [-0.2, 0) is 16.4 Å². The highest BCUT2D eigenvalue weighted by Gasteiger charge is 2.28. The van der Waals surface area contributed by atoms with Gasteiger partial charge in [0.25, 0.3) is 5.91 Å². The summed E-state index contributed by atoms with van der Waals surface area (Å²) in [7, 11) is -3.73. The molecule has 30 heavy (non-hydrogen) atoms. The molecule has 2 aromatic rings. The molecule has 2 aromatic carbocycles. The third-order valence-electron chi connectivity index (χ3n) is 5.46. The Labute approximate surface area is 184 Å². The number of aryl methyl sites for hydroxylation is 1. The number of rotatable bonds is 7. The molecule has 1 aliphatic heterocycles. The lowest BCUT2D eigenvalue weighted by Crippen LogP contribution is -2.34. The molecule has 0 aromatic heterocycles. The molecule has 0 aliphatic carbocycles. The van der Waals surface area contributed by atoms with Crippen LogP contribution in [0.1, 0.15) is 54.9 Å². The number of carbonyl (C=O) groups is 1. The third-order valence-corrected chi connectivity index (χ3v) is 7.84. The quantitative estimate of drug-likeness (QED) is 0.670. The molecule has 0 unspecified atom stereocenters. The van der Waals surface area contributed by atoms with Crippen molar-refractivity contribution < 1.29 is 13.2 Å². The minimum absolute atomic E-state index is 0.00987. The van der Waals surface area contributed by atoms with Crippen molar-refractivity contribution in [1.29, 1.82) is 0 Å². The second-order valence-corrected chi connectivity index (χ2v) is 10.2. The minimum atomic E-state index is -3.73. The molecule has 0 saturated carbocycles. The molecule has 1 fully saturated rings. The van der Waals surface area contributed by atoms with Crippen LogP contribution in [0, 0.1) is 0 Å². The Morgan fingerprint density at radius 1 is 1.07 bits per heavy atom. The fourth-order valence-electron chi connectivity index (χ4n) is 3.67. The maximum absolute atomic E-state index is 13.1. The molecule has 7 heteroatoms. The van der Waals surface area contributed by atoms with E-state index in [4.69, 9.17) is 11.6 Å². The third kappa shape index (κ3) is 5.84. The number of halogens is 1. The first kappa shape index (κ1) is 22.8. The summed E-state index contributed by atoms with van der Waals surface area (Å²) in [4.78, 5) is 12.7. The average molecular weight is 449 g/mol. The van der Waals surface area contributed by atoms with Crippen LogP contribution in [0.2, 0.25) is 5.02 Å². The van der Waals surface area contributed by atoms with E-state index in [1.54, 1.807) is 6.07 Å². The van der Waals surface area contributed by atoms with E-state index in [2.05, 4.69) is 17.4 Å². The number of nitrogens with one attached hydrogen (secondary N) is 1. The molecule has 1 N–H and O–H groups in total. The summed E-state index contributed by atoms with van der Waals surface area (Å²) in [6.07, 6.45) is 5.40. The van der Waals surface area contributed by atoms with Crippen LogP contribution >= 0.6 is 11.6 Å². The Bertz CT molecular complexity index is 956. The second kappa shape index (κ2) is 10.4. The first-order chi connectivity index (χ1) is 14.4. The highest BCUT2D eigenvalue weighted by molar-refractivity contribution is 7.89. The molecular formula is C23H29ClN2O3S. The van der Waals surface area contributed by atoms with Crippen molar-refractivity contribution in [3.63, 3.8) is 0 Å². The number of sulfonamides is 1. The van der Waals surface area contributed by atoms with E-state index in [0.29, 0.717) is 18.7 Å². The second-order valence-electron chi connectivity index (χ2n) is 7.86. The van der Waals surface area contributed by atoms with Gasteiger partial charge in [-0.2, -0.15) is 4.31 Å². The summed E-state index contributed by atoms with van der Waals surface area (Å²) in [5.41, 5.74) is 1.52. The van der Waals surface area contributed by atoms with Crippen LogP contribution in [0.4, 0.5) is 0 Å². The van der Waals surface area contributed by atoms with Crippen molar-refractivity contribution in [2.45, 2.75) is 56.4 Å². The first-order valence-corrected chi connectivity index (χ1v) is 12.3. The van der Waals surface area contributed by atoms with Gasteiger partial charge in [0.1, 0.15) is 4.90 Å². The van der Waals surface area contributed by atoms with E-state index >= 15 is 0 Å². The molecule has 0 bridgehead atoms. The van der Waals surface area contributed by atoms with Crippen molar-refractivity contribution in [2.24, 2.45) is 0 Å². The van der Waals surface area contributed by atoms with E-state index in [-0.39, 0.29) is 21.9 Å². The summed E-state index contributed by atoms with van der Waals surface area (Å²) < 4.78 is 27.7. The van der Waals surface area contributed by atoms with Crippen molar-refractivity contribution >= 4 is 27.5 Å². The number of nitrogens with zero attached hydrogens (tertiary/aromatic N) is 1. The predicted molar refractivity (Wildman–Crippen MR) is 120 cm³/mol. The van der Waals surface area contributed by atoms with Crippen LogP contribution in [0.15, 0.2) is 53.4 Å². The molecule has 162 valence electrons. The van der Waals surface area contributed by atoms with Gasteiger partial charge in [-0.25, -0.2) is 8.42 Å². The SMILES string of the molecule is C[C@@H](CCc1ccccc1)NC(=O)c1ccc(Cl)c(S(=O)(=O)N2CCCCCC2)c1. The van der Waals surface area contributed by atoms with Gasteiger partial charge < -0.3 is 5.32 Å². The standard InChI is InChI=1S/C23H29ClN2O3S/c1-18(11-12-19-9-5-4-6-10-19)25-23(27)20-13-14-21(24)22(17-20)30(28,29)26-15-7-2-3-8-16-26/h4-6,9-10,13-14,17-18H,2-3,7-8,11-12,15-16H2,1H3,(H,25,27)/t18-/m0/s1. The fourth-order valence-corrected chi connectivity index (χ4v) is 5.69.